The van der Waals surface area contributed by atoms with E-state index in [4.69, 9.17) is 28.2 Å². The molecule has 1 unspecified atom stereocenters. The van der Waals surface area contributed by atoms with Crippen molar-refractivity contribution < 1.29 is 14.0 Å². The summed E-state index contributed by atoms with van der Waals surface area (Å²) in [5.41, 5.74) is 2.34. The number of halogens is 1. The Kier molecular flexibility index (Phi) is 5.17. The number of carbonyl (C=O) groups is 2. The largest absolute Gasteiger partial charge is 0.467 e. The van der Waals surface area contributed by atoms with Crippen molar-refractivity contribution in [3.05, 3.63) is 76.7 Å². The van der Waals surface area contributed by atoms with Gasteiger partial charge in [0.25, 0.3) is 5.91 Å². The van der Waals surface area contributed by atoms with E-state index in [1.807, 2.05) is 13.0 Å². The molecule has 146 valence electrons. The standard InChI is InChI=1S/C21H16ClN3O3S/c1-12-4-6-14(10-17(12)22)23-19(26)13-5-7-16-18(9-13)24-21(29)25(20(16)27)11-15-3-2-8-28-15/h2-10,16H,11H2,1H3,(H,23,26). The molecule has 1 atom stereocenters. The van der Waals surface area contributed by atoms with E-state index in [9.17, 15) is 9.59 Å². The molecule has 0 saturated carbocycles. The maximum Gasteiger partial charge on any atom is 0.255 e. The highest BCUT2D eigenvalue weighted by atomic mass is 35.5. The van der Waals surface area contributed by atoms with Crippen molar-refractivity contribution in [3.63, 3.8) is 0 Å². The van der Waals surface area contributed by atoms with E-state index in [-0.39, 0.29) is 23.5 Å². The second-order valence-corrected chi connectivity index (χ2v) is 7.45. The summed E-state index contributed by atoms with van der Waals surface area (Å²) in [4.78, 5) is 31.2. The fraction of sp³-hybridized carbons (Fsp3) is 0.143. The third-order valence-corrected chi connectivity index (χ3v) is 5.38. The number of benzene rings is 1. The molecule has 6 nitrogen and oxygen atoms in total. The number of nitrogens with zero attached hydrogens (tertiary/aromatic N) is 2. The normalized spacial score (nSPS) is 18.3. The summed E-state index contributed by atoms with van der Waals surface area (Å²) in [6.45, 7) is 2.10. The van der Waals surface area contributed by atoms with Gasteiger partial charge in [-0.05, 0) is 55.0 Å². The number of allylic oxidation sites excluding steroid dienone is 1. The van der Waals surface area contributed by atoms with Crippen molar-refractivity contribution >= 4 is 52.1 Å². The van der Waals surface area contributed by atoms with Crippen LogP contribution in [0.3, 0.4) is 0 Å². The lowest BCUT2D eigenvalue weighted by molar-refractivity contribution is -0.129. The first-order valence-electron chi connectivity index (χ1n) is 8.86. The predicted molar refractivity (Wildman–Crippen MR) is 115 cm³/mol. The molecular weight excluding hydrogens is 410 g/mol. The Bertz CT molecular complexity index is 1100. The number of fused-ring (bicyclic) bond motifs is 1. The fourth-order valence-corrected chi connectivity index (χ4v) is 3.50. The zero-order chi connectivity index (χ0) is 20.5. The topological polar surface area (TPSA) is 74.9 Å². The maximum absolute atomic E-state index is 12.9. The van der Waals surface area contributed by atoms with E-state index in [2.05, 4.69) is 10.3 Å². The Morgan fingerprint density at radius 1 is 1.38 bits per heavy atom. The Hall–Kier alpha value is -3.03. The molecule has 1 aromatic carbocycles. The molecule has 0 radical (unpaired) electrons. The molecule has 0 bridgehead atoms. The molecule has 2 aliphatic rings. The van der Waals surface area contributed by atoms with Gasteiger partial charge in [0.15, 0.2) is 0 Å². The summed E-state index contributed by atoms with van der Waals surface area (Å²) < 4.78 is 5.30. The van der Waals surface area contributed by atoms with Gasteiger partial charge in [-0.25, -0.2) is 4.99 Å². The number of amides is 2. The van der Waals surface area contributed by atoms with E-state index >= 15 is 0 Å². The van der Waals surface area contributed by atoms with Gasteiger partial charge >= 0.3 is 0 Å². The van der Waals surface area contributed by atoms with Gasteiger partial charge in [-0.2, -0.15) is 0 Å². The minimum Gasteiger partial charge on any atom is -0.467 e. The van der Waals surface area contributed by atoms with E-state index < -0.39 is 5.92 Å². The monoisotopic (exact) mass is 425 g/mol. The molecule has 1 N–H and O–H groups in total. The van der Waals surface area contributed by atoms with Crippen LogP contribution in [-0.2, 0) is 16.1 Å². The maximum atomic E-state index is 12.9. The number of thiocarbonyl (C=S) groups is 1. The van der Waals surface area contributed by atoms with Crippen molar-refractivity contribution in [3.8, 4) is 0 Å². The molecule has 2 aromatic rings. The summed E-state index contributed by atoms with van der Waals surface area (Å²) in [5.74, 6) is -0.485. The van der Waals surface area contributed by atoms with Crippen LogP contribution in [0.1, 0.15) is 11.3 Å². The quantitative estimate of drug-likeness (QED) is 0.749. The number of rotatable bonds is 4. The number of nitrogens with one attached hydrogen (secondary N) is 1. The fourth-order valence-electron chi connectivity index (χ4n) is 3.06. The lowest BCUT2D eigenvalue weighted by atomic mass is 9.91. The molecule has 0 saturated heterocycles. The molecule has 29 heavy (non-hydrogen) atoms. The van der Waals surface area contributed by atoms with E-state index in [0.29, 0.717) is 27.8 Å². The third-order valence-electron chi connectivity index (χ3n) is 4.66. The number of aliphatic imine (C=N–C) groups is 1. The second kappa shape index (κ2) is 7.77. The van der Waals surface area contributed by atoms with Crippen LogP contribution in [0.2, 0.25) is 5.02 Å². The van der Waals surface area contributed by atoms with Crippen LogP contribution >= 0.6 is 23.8 Å². The van der Waals surface area contributed by atoms with E-state index in [1.165, 1.54) is 11.2 Å². The lowest BCUT2D eigenvalue weighted by Gasteiger charge is -2.30. The molecule has 0 spiro atoms. The minimum atomic E-state index is -0.581. The van der Waals surface area contributed by atoms with Gasteiger partial charge in [0, 0.05) is 16.3 Å². The van der Waals surface area contributed by atoms with Gasteiger partial charge in [0.05, 0.1) is 24.4 Å². The van der Waals surface area contributed by atoms with Crippen LogP contribution in [0, 0.1) is 12.8 Å². The molecule has 0 fully saturated rings. The smallest absolute Gasteiger partial charge is 0.255 e. The van der Waals surface area contributed by atoms with Crippen LogP contribution in [0.4, 0.5) is 5.69 Å². The van der Waals surface area contributed by atoms with E-state index in [1.54, 1.807) is 42.5 Å². The summed E-state index contributed by atoms with van der Waals surface area (Å²) in [7, 11) is 0. The Morgan fingerprint density at radius 3 is 2.93 bits per heavy atom. The van der Waals surface area contributed by atoms with Crippen LogP contribution in [-0.4, -0.2) is 27.5 Å². The van der Waals surface area contributed by atoms with Gasteiger partial charge in [0.1, 0.15) is 5.76 Å². The lowest BCUT2D eigenvalue weighted by Crippen LogP contribution is -2.45. The van der Waals surface area contributed by atoms with E-state index in [0.717, 1.165) is 5.56 Å². The summed E-state index contributed by atoms with van der Waals surface area (Å²) in [6.07, 6.45) is 6.41. The molecule has 1 aromatic heterocycles. The molecule has 2 heterocycles. The number of anilines is 1. The molecule has 1 aliphatic carbocycles. The van der Waals surface area contributed by atoms with Gasteiger partial charge < -0.3 is 9.73 Å². The van der Waals surface area contributed by atoms with Crippen molar-refractivity contribution in [1.82, 2.24) is 4.90 Å². The van der Waals surface area contributed by atoms with Crippen molar-refractivity contribution in [2.24, 2.45) is 10.9 Å². The van der Waals surface area contributed by atoms with Gasteiger partial charge in [-0.1, -0.05) is 29.8 Å². The number of hydrogen-bond acceptors (Lipinski definition) is 4. The highest BCUT2D eigenvalue weighted by Crippen LogP contribution is 2.25. The average Bonchev–Trinajstić information content (AvgIpc) is 3.21. The second-order valence-electron chi connectivity index (χ2n) is 6.68. The highest BCUT2D eigenvalue weighted by molar-refractivity contribution is 7.80. The van der Waals surface area contributed by atoms with Crippen LogP contribution in [0.25, 0.3) is 0 Å². The number of hydrogen-bond donors (Lipinski definition) is 1. The molecule has 1 aliphatic heterocycles. The first-order chi connectivity index (χ1) is 13.9. The SMILES string of the molecule is Cc1ccc(NC(=O)C2=CC3=NC(=S)N(Cc4ccco4)C(=O)C3C=C2)cc1Cl. The summed E-state index contributed by atoms with van der Waals surface area (Å²) in [5, 5.41) is 3.51. The molecular formula is C21H16ClN3O3S. The summed E-state index contributed by atoms with van der Waals surface area (Å²) >= 11 is 11.4. The predicted octanol–water partition coefficient (Wildman–Crippen LogP) is 4.06. The zero-order valence-corrected chi connectivity index (χ0v) is 17.0. The number of carbonyl (C=O) groups excluding carboxylic acids is 2. The molecule has 8 heteroatoms. The van der Waals surface area contributed by atoms with Crippen molar-refractivity contribution in [2.75, 3.05) is 5.32 Å². The van der Waals surface area contributed by atoms with Crippen molar-refractivity contribution in [2.45, 2.75) is 13.5 Å². The van der Waals surface area contributed by atoms with Crippen molar-refractivity contribution in [1.29, 1.82) is 0 Å². The zero-order valence-electron chi connectivity index (χ0n) is 15.4. The first kappa shape index (κ1) is 19.3. The van der Waals surface area contributed by atoms with Gasteiger partial charge in [0.2, 0.25) is 11.0 Å². The highest BCUT2D eigenvalue weighted by Gasteiger charge is 2.35. The summed E-state index contributed by atoms with van der Waals surface area (Å²) in [6, 6.07) is 8.81. The molecule has 4 rings (SSSR count). The Balaban J connectivity index is 1.53. The Morgan fingerprint density at radius 2 is 2.21 bits per heavy atom. The molecule has 2 amide bonds. The first-order valence-corrected chi connectivity index (χ1v) is 9.65. The van der Waals surface area contributed by atoms with Crippen LogP contribution < -0.4 is 5.32 Å². The average molecular weight is 426 g/mol. The van der Waals surface area contributed by atoms with Gasteiger partial charge in [-0.3, -0.25) is 14.5 Å². The Labute approximate surface area is 177 Å². The number of furan rings is 1. The van der Waals surface area contributed by atoms with Crippen LogP contribution in [0.5, 0.6) is 0 Å². The third kappa shape index (κ3) is 3.92. The number of aryl methyl sites for hydroxylation is 1. The van der Waals surface area contributed by atoms with Crippen LogP contribution in [0.15, 0.2) is 69.8 Å². The van der Waals surface area contributed by atoms with Gasteiger partial charge in [-0.15, -0.1) is 0 Å². The minimum absolute atomic E-state index is 0.147.